The summed E-state index contributed by atoms with van der Waals surface area (Å²) in [6.07, 6.45) is 18.3. The van der Waals surface area contributed by atoms with Crippen LogP contribution in [0.5, 0.6) is 0 Å². The van der Waals surface area contributed by atoms with E-state index in [2.05, 4.69) is 27.7 Å². The molecular formula is C18H37. The summed E-state index contributed by atoms with van der Waals surface area (Å²) < 4.78 is 0. The van der Waals surface area contributed by atoms with E-state index < -0.39 is 0 Å². The minimum atomic E-state index is 0.333. The first-order chi connectivity index (χ1) is 8.62. The van der Waals surface area contributed by atoms with Gasteiger partial charge in [-0.3, -0.25) is 0 Å². The predicted octanol–water partition coefficient (Wildman–Crippen LogP) is 6.94. The Kier molecular flexibility index (Phi) is 12.1. The lowest BCUT2D eigenvalue weighted by molar-refractivity contribution is 0.352. The molecule has 0 aromatic carbocycles. The molecule has 0 nitrogen and oxygen atoms in total. The Morgan fingerprint density at radius 1 is 0.667 bits per heavy atom. The average molecular weight is 253 g/mol. The van der Waals surface area contributed by atoms with Crippen LogP contribution < -0.4 is 0 Å². The molecule has 1 unspecified atom stereocenters. The summed E-state index contributed by atoms with van der Waals surface area (Å²) in [5, 5.41) is 0. The zero-order chi connectivity index (χ0) is 13.7. The minimum absolute atomic E-state index is 0.333. The van der Waals surface area contributed by atoms with Gasteiger partial charge in [-0.1, -0.05) is 97.8 Å². The molecule has 0 aliphatic rings. The highest BCUT2D eigenvalue weighted by atomic mass is 14.2. The monoisotopic (exact) mass is 253 g/mol. The van der Waals surface area contributed by atoms with Crippen molar-refractivity contribution in [3.63, 3.8) is 0 Å². The van der Waals surface area contributed by atoms with E-state index >= 15 is 0 Å². The third-order valence-corrected chi connectivity index (χ3v) is 4.24. The summed E-state index contributed by atoms with van der Waals surface area (Å²) in [6.45, 7) is 11.1. The van der Waals surface area contributed by atoms with Crippen LogP contribution in [-0.4, -0.2) is 0 Å². The Hall–Kier alpha value is 0. The topological polar surface area (TPSA) is 0 Å². The summed E-state index contributed by atoms with van der Waals surface area (Å²) in [5.41, 5.74) is 0.333. The van der Waals surface area contributed by atoms with Crippen LogP contribution in [0.3, 0.4) is 0 Å². The molecule has 18 heavy (non-hydrogen) atoms. The van der Waals surface area contributed by atoms with Gasteiger partial charge in [0.2, 0.25) is 0 Å². The predicted molar refractivity (Wildman–Crippen MR) is 84.8 cm³/mol. The molecule has 0 aromatic heterocycles. The van der Waals surface area contributed by atoms with Gasteiger partial charge in [0.15, 0.2) is 0 Å². The average Bonchev–Trinajstić information content (AvgIpc) is 2.36. The molecule has 1 radical (unpaired) electrons. The second kappa shape index (κ2) is 12.1. The summed E-state index contributed by atoms with van der Waals surface area (Å²) in [7, 11) is 0. The Bertz CT molecular complexity index is 157. The normalized spacial score (nSPS) is 12.0. The maximum absolute atomic E-state index is 4.27. The molecule has 109 valence electrons. The molecule has 0 fully saturated rings. The molecule has 0 spiro atoms. The van der Waals surface area contributed by atoms with Gasteiger partial charge in [0, 0.05) is 0 Å². The molecule has 1 atom stereocenters. The maximum atomic E-state index is 4.27. The van der Waals surface area contributed by atoms with Crippen LogP contribution in [0, 0.1) is 12.3 Å². The number of hydrogen-bond acceptors (Lipinski definition) is 0. The molecule has 0 bridgehead atoms. The van der Waals surface area contributed by atoms with E-state index in [1.54, 1.807) is 0 Å². The molecule has 0 saturated heterocycles. The van der Waals surface area contributed by atoms with E-state index in [-0.39, 0.29) is 0 Å². The van der Waals surface area contributed by atoms with Crippen molar-refractivity contribution in [3.05, 3.63) is 6.92 Å². The van der Waals surface area contributed by atoms with Gasteiger partial charge in [-0.2, -0.15) is 0 Å². The van der Waals surface area contributed by atoms with E-state index in [1.165, 1.54) is 83.5 Å². The molecule has 0 heteroatoms. The van der Waals surface area contributed by atoms with Gasteiger partial charge in [0.1, 0.15) is 0 Å². The van der Waals surface area contributed by atoms with Crippen LogP contribution in [0.4, 0.5) is 0 Å². The fraction of sp³-hybridized carbons (Fsp3) is 0.944. The fourth-order valence-corrected chi connectivity index (χ4v) is 2.39. The summed E-state index contributed by atoms with van der Waals surface area (Å²) in [4.78, 5) is 0. The smallest absolute Gasteiger partial charge is 0.0328 e. The van der Waals surface area contributed by atoms with Crippen molar-refractivity contribution in [2.45, 2.75) is 104 Å². The van der Waals surface area contributed by atoms with Crippen LogP contribution in [0.25, 0.3) is 0 Å². The van der Waals surface area contributed by atoms with Gasteiger partial charge in [-0.25, -0.2) is 0 Å². The second-order valence-corrected chi connectivity index (χ2v) is 6.45. The molecule has 0 aromatic rings. The molecule has 0 saturated carbocycles. The first kappa shape index (κ1) is 18.0. The van der Waals surface area contributed by atoms with E-state index in [4.69, 9.17) is 0 Å². The number of unbranched alkanes of at least 4 members (excludes halogenated alkanes) is 10. The van der Waals surface area contributed by atoms with Gasteiger partial charge in [-0.05, 0) is 18.8 Å². The van der Waals surface area contributed by atoms with Crippen LogP contribution in [-0.2, 0) is 0 Å². The van der Waals surface area contributed by atoms with Crippen LogP contribution in [0.15, 0.2) is 0 Å². The molecule has 0 heterocycles. The lowest BCUT2D eigenvalue weighted by atomic mass is 9.84. The Morgan fingerprint density at radius 2 is 1.06 bits per heavy atom. The van der Waals surface area contributed by atoms with Crippen LogP contribution in [0.1, 0.15) is 104 Å². The van der Waals surface area contributed by atoms with Crippen molar-refractivity contribution in [1.82, 2.24) is 0 Å². The summed E-state index contributed by atoms with van der Waals surface area (Å²) in [5.74, 6) is 0. The van der Waals surface area contributed by atoms with Crippen molar-refractivity contribution in [2.75, 3.05) is 0 Å². The van der Waals surface area contributed by atoms with E-state index in [0.29, 0.717) is 5.41 Å². The summed E-state index contributed by atoms with van der Waals surface area (Å²) >= 11 is 0. The van der Waals surface area contributed by atoms with Crippen molar-refractivity contribution >= 4 is 0 Å². The van der Waals surface area contributed by atoms with Gasteiger partial charge in [0.05, 0.1) is 0 Å². The Morgan fingerprint density at radius 3 is 1.44 bits per heavy atom. The van der Waals surface area contributed by atoms with Gasteiger partial charge >= 0.3 is 0 Å². The zero-order valence-electron chi connectivity index (χ0n) is 13.4. The van der Waals surface area contributed by atoms with Crippen molar-refractivity contribution < 1.29 is 0 Å². The Labute approximate surface area is 117 Å². The zero-order valence-corrected chi connectivity index (χ0v) is 13.4. The maximum Gasteiger partial charge on any atom is -0.0328 e. The lowest BCUT2D eigenvalue weighted by Gasteiger charge is -2.21. The van der Waals surface area contributed by atoms with E-state index in [1.807, 2.05) is 0 Å². The van der Waals surface area contributed by atoms with Gasteiger partial charge in [0.25, 0.3) is 0 Å². The fourth-order valence-electron chi connectivity index (χ4n) is 2.39. The lowest BCUT2D eigenvalue weighted by Crippen LogP contribution is -2.09. The van der Waals surface area contributed by atoms with Gasteiger partial charge in [-0.15, -0.1) is 0 Å². The second-order valence-electron chi connectivity index (χ2n) is 6.45. The Balaban J connectivity index is 3.08. The van der Waals surface area contributed by atoms with Gasteiger partial charge < -0.3 is 0 Å². The first-order valence-electron chi connectivity index (χ1n) is 8.47. The molecule has 0 N–H and O–H groups in total. The number of hydrogen-bond donors (Lipinski definition) is 0. The highest BCUT2D eigenvalue weighted by Crippen LogP contribution is 2.26. The van der Waals surface area contributed by atoms with Crippen molar-refractivity contribution in [3.8, 4) is 0 Å². The standard InChI is InChI=1S/C18H37/c1-5-7-8-9-10-11-12-13-14-15-16-17-18(3,4)6-2/h3,5-17H2,1-2,4H3. The van der Waals surface area contributed by atoms with E-state index in [0.717, 1.165) is 0 Å². The summed E-state index contributed by atoms with van der Waals surface area (Å²) in [6, 6.07) is 0. The molecule has 0 rings (SSSR count). The largest absolute Gasteiger partial charge is 0.0654 e. The highest BCUT2D eigenvalue weighted by Gasteiger charge is 2.13. The molecular weight excluding hydrogens is 216 g/mol. The molecule has 0 aliphatic carbocycles. The first-order valence-corrected chi connectivity index (χ1v) is 8.47. The number of rotatable bonds is 13. The minimum Gasteiger partial charge on any atom is -0.0654 e. The van der Waals surface area contributed by atoms with Crippen LogP contribution >= 0.6 is 0 Å². The third-order valence-electron chi connectivity index (χ3n) is 4.24. The van der Waals surface area contributed by atoms with Crippen molar-refractivity contribution in [1.29, 1.82) is 0 Å². The quantitative estimate of drug-likeness (QED) is 0.312. The van der Waals surface area contributed by atoms with Crippen LogP contribution in [0.2, 0.25) is 0 Å². The SMILES string of the molecule is [CH2]C(C)(CC)CCCCCCCCCCCCC. The highest BCUT2D eigenvalue weighted by molar-refractivity contribution is 4.74. The van der Waals surface area contributed by atoms with Crippen molar-refractivity contribution in [2.24, 2.45) is 5.41 Å². The molecule has 0 aliphatic heterocycles. The molecule has 0 amide bonds. The third kappa shape index (κ3) is 12.5. The van der Waals surface area contributed by atoms with E-state index in [9.17, 15) is 0 Å².